The first-order chi connectivity index (χ1) is 12.3. The summed E-state index contributed by atoms with van der Waals surface area (Å²) in [5, 5.41) is 4.74. The molecule has 2 aromatic heterocycles. The number of primary amides is 1. The Hall–Kier alpha value is -1.46. The Labute approximate surface area is 163 Å². The molecule has 3 N–H and O–H groups in total. The third-order valence-electron chi connectivity index (χ3n) is 4.07. The van der Waals surface area contributed by atoms with Crippen molar-refractivity contribution in [2.24, 2.45) is 11.7 Å². The summed E-state index contributed by atoms with van der Waals surface area (Å²) in [7, 11) is -3.68. The summed E-state index contributed by atoms with van der Waals surface area (Å²) in [6.07, 6.45) is 1.14. The monoisotopic (exact) mass is 433 g/mol. The number of thiophene rings is 2. The molecule has 3 rings (SSSR count). The van der Waals surface area contributed by atoms with E-state index in [1.165, 1.54) is 27.8 Å². The highest BCUT2D eigenvalue weighted by Crippen LogP contribution is 2.31. The van der Waals surface area contributed by atoms with Gasteiger partial charge in [0.1, 0.15) is 9.21 Å². The Morgan fingerprint density at radius 2 is 2.08 bits per heavy atom. The first kappa shape index (κ1) is 19.3. The fourth-order valence-corrected chi connectivity index (χ4v) is 6.71. The van der Waals surface area contributed by atoms with E-state index in [4.69, 9.17) is 17.3 Å². The highest BCUT2D eigenvalue weighted by atomic mass is 35.5. The van der Waals surface area contributed by atoms with Gasteiger partial charge in [-0.05, 0) is 36.4 Å². The van der Waals surface area contributed by atoms with Gasteiger partial charge in [-0.15, -0.1) is 22.7 Å². The van der Waals surface area contributed by atoms with Gasteiger partial charge < -0.3 is 11.1 Å². The predicted octanol–water partition coefficient (Wildman–Crippen LogP) is 2.60. The van der Waals surface area contributed by atoms with Gasteiger partial charge in [-0.3, -0.25) is 9.59 Å². The Morgan fingerprint density at radius 3 is 2.73 bits per heavy atom. The van der Waals surface area contributed by atoms with Crippen LogP contribution in [0.4, 0.5) is 5.00 Å². The summed E-state index contributed by atoms with van der Waals surface area (Å²) in [6.45, 7) is 0.439. The van der Waals surface area contributed by atoms with E-state index in [1.807, 2.05) is 0 Å². The number of nitrogens with one attached hydrogen (secondary N) is 1. The number of carbonyl (C=O) groups excluding carboxylic acids is 2. The first-order valence-corrected chi connectivity index (χ1v) is 11.2. The van der Waals surface area contributed by atoms with E-state index in [0.29, 0.717) is 28.7 Å². The molecule has 0 bridgehead atoms. The lowest BCUT2D eigenvalue weighted by Crippen LogP contribution is -2.43. The van der Waals surface area contributed by atoms with Gasteiger partial charge >= 0.3 is 0 Å². The third-order valence-corrected chi connectivity index (χ3v) is 8.46. The fourth-order valence-electron chi connectivity index (χ4n) is 2.75. The van der Waals surface area contributed by atoms with Crippen molar-refractivity contribution in [3.63, 3.8) is 0 Å². The van der Waals surface area contributed by atoms with Crippen molar-refractivity contribution in [2.45, 2.75) is 17.1 Å². The van der Waals surface area contributed by atoms with Crippen molar-refractivity contribution >= 4 is 61.1 Å². The Bertz CT molecular complexity index is 938. The molecule has 1 aliphatic heterocycles. The molecule has 140 valence electrons. The molecule has 0 unspecified atom stereocenters. The second-order valence-corrected chi connectivity index (χ2v) is 10.6. The van der Waals surface area contributed by atoms with Crippen LogP contribution in [0.15, 0.2) is 27.8 Å². The van der Waals surface area contributed by atoms with Crippen molar-refractivity contribution in [1.29, 1.82) is 0 Å². The van der Waals surface area contributed by atoms with Crippen LogP contribution in [0, 0.1) is 5.92 Å². The van der Waals surface area contributed by atoms with Crippen LogP contribution in [0.5, 0.6) is 0 Å². The zero-order chi connectivity index (χ0) is 18.9. The molecule has 11 heteroatoms. The maximum Gasteiger partial charge on any atom is 0.252 e. The van der Waals surface area contributed by atoms with E-state index in [-0.39, 0.29) is 22.2 Å². The van der Waals surface area contributed by atoms with Crippen molar-refractivity contribution in [3.8, 4) is 0 Å². The van der Waals surface area contributed by atoms with Crippen molar-refractivity contribution in [1.82, 2.24) is 4.31 Å². The van der Waals surface area contributed by atoms with Crippen LogP contribution < -0.4 is 11.1 Å². The van der Waals surface area contributed by atoms with Gasteiger partial charge in [0.05, 0.1) is 15.8 Å². The molecule has 0 aliphatic carbocycles. The number of hydrogen-bond acceptors (Lipinski definition) is 6. The van der Waals surface area contributed by atoms with Crippen LogP contribution in [0.2, 0.25) is 4.34 Å². The second-order valence-electron chi connectivity index (χ2n) is 5.78. The van der Waals surface area contributed by atoms with Crippen LogP contribution >= 0.6 is 34.3 Å². The van der Waals surface area contributed by atoms with Gasteiger partial charge in [0.15, 0.2) is 0 Å². The summed E-state index contributed by atoms with van der Waals surface area (Å²) >= 11 is 8.03. The van der Waals surface area contributed by atoms with E-state index < -0.39 is 21.8 Å². The molecule has 0 saturated carbocycles. The lowest BCUT2D eigenvalue weighted by molar-refractivity contribution is -0.120. The fraction of sp³-hybridized carbons (Fsp3) is 0.333. The smallest absolute Gasteiger partial charge is 0.252 e. The molecule has 2 amide bonds. The quantitative estimate of drug-likeness (QED) is 0.755. The summed E-state index contributed by atoms with van der Waals surface area (Å²) in [5.41, 5.74) is 5.53. The molecule has 1 fully saturated rings. The predicted molar refractivity (Wildman–Crippen MR) is 102 cm³/mol. The Kier molecular flexibility index (Phi) is 5.68. The zero-order valence-electron chi connectivity index (χ0n) is 13.5. The number of carbonyl (C=O) groups is 2. The van der Waals surface area contributed by atoms with Crippen molar-refractivity contribution < 1.29 is 18.0 Å². The van der Waals surface area contributed by atoms with Crippen molar-refractivity contribution in [2.75, 3.05) is 18.4 Å². The van der Waals surface area contributed by atoms with Crippen LogP contribution in [-0.4, -0.2) is 37.6 Å². The molecule has 1 saturated heterocycles. The molecular weight excluding hydrogens is 418 g/mol. The normalized spacial score (nSPS) is 18.6. The second kappa shape index (κ2) is 7.65. The van der Waals surface area contributed by atoms with Crippen molar-refractivity contribution in [3.05, 3.63) is 33.5 Å². The zero-order valence-corrected chi connectivity index (χ0v) is 16.7. The largest absolute Gasteiger partial charge is 0.366 e. The third kappa shape index (κ3) is 3.94. The topological polar surface area (TPSA) is 110 Å². The number of hydrogen-bond donors (Lipinski definition) is 2. The molecule has 0 radical (unpaired) electrons. The maximum atomic E-state index is 12.7. The van der Waals surface area contributed by atoms with Crippen LogP contribution in [-0.2, 0) is 14.8 Å². The number of rotatable bonds is 5. The van der Waals surface area contributed by atoms with E-state index >= 15 is 0 Å². The van der Waals surface area contributed by atoms with Gasteiger partial charge in [0, 0.05) is 13.1 Å². The molecule has 1 atom stereocenters. The van der Waals surface area contributed by atoms with E-state index in [2.05, 4.69) is 5.32 Å². The minimum Gasteiger partial charge on any atom is -0.366 e. The summed E-state index contributed by atoms with van der Waals surface area (Å²) in [4.78, 5) is 23.9. The van der Waals surface area contributed by atoms with Gasteiger partial charge in [0.2, 0.25) is 5.91 Å². The average Bonchev–Trinajstić information content (AvgIpc) is 3.24. The van der Waals surface area contributed by atoms with Gasteiger partial charge in [-0.2, -0.15) is 4.31 Å². The minimum absolute atomic E-state index is 0.0843. The number of halogens is 1. The molecule has 0 spiro atoms. The molecular formula is C15H16ClN3O4S3. The van der Waals surface area contributed by atoms with Crippen LogP contribution in [0.1, 0.15) is 23.2 Å². The Morgan fingerprint density at radius 1 is 1.31 bits per heavy atom. The van der Waals surface area contributed by atoms with Crippen LogP contribution in [0.25, 0.3) is 0 Å². The highest BCUT2D eigenvalue weighted by molar-refractivity contribution is 7.91. The summed E-state index contributed by atoms with van der Waals surface area (Å²) < 4.78 is 27.3. The molecule has 1 aliphatic rings. The number of piperidine rings is 1. The molecule has 2 aromatic rings. The summed E-state index contributed by atoms with van der Waals surface area (Å²) in [6, 6.07) is 4.55. The number of sulfonamides is 1. The lowest BCUT2D eigenvalue weighted by atomic mass is 9.99. The van der Waals surface area contributed by atoms with E-state index in [0.717, 1.165) is 11.3 Å². The standard InChI is InChI=1S/C15H16ClN3O4S3/c16-11-3-4-12(25-11)26(22,23)19-6-1-2-9(8-19)14(21)18-15-10(13(17)20)5-7-24-15/h3-5,7,9H,1-2,6,8H2,(H2,17,20)(H,18,21)/t9-/m0/s1. The number of amides is 2. The molecule has 0 aromatic carbocycles. The first-order valence-electron chi connectivity index (χ1n) is 7.72. The number of nitrogens with two attached hydrogens (primary N) is 1. The SMILES string of the molecule is NC(=O)c1ccsc1NC(=O)[C@H]1CCCN(S(=O)(=O)c2ccc(Cl)s2)C1. The highest BCUT2D eigenvalue weighted by Gasteiger charge is 2.34. The van der Waals surface area contributed by atoms with E-state index in [9.17, 15) is 18.0 Å². The number of anilines is 1. The van der Waals surface area contributed by atoms with Crippen LogP contribution in [0.3, 0.4) is 0 Å². The van der Waals surface area contributed by atoms with Gasteiger partial charge in [0.25, 0.3) is 15.9 Å². The van der Waals surface area contributed by atoms with E-state index in [1.54, 1.807) is 11.4 Å². The molecule has 3 heterocycles. The molecule has 26 heavy (non-hydrogen) atoms. The number of nitrogens with zero attached hydrogens (tertiary/aromatic N) is 1. The Balaban J connectivity index is 1.73. The summed E-state index contributed by atoms with van der Waals surface area (Å²) in [5.74, 6) is -1.44. The van der Waals surface area contributed by atoms with Gasteiger partial charge in [-0.25, -0.2) is 8.42 Å². The lowest BCUT2D eigenvalue weighted by Gasteiger charge is -2.30. The average molecular weight is 434 g/mol. The van der Waals surface area contributed by atoms with Gasteiger partial charge in [-0.1, -0.05) is 11.6 Å². The minimum atomic E-state index is -3.68. The maximum absolute atomic E-state index is 12.7. The molecule has 7 nitrogen and oxygen atoms in total.